The minimum Gasteiger partial charge on any atom is -1.00 e. The number of unbranched alkanes of at least 4 members (excludes halogenated alkanes) is 2. The van der Waals surface area contributed by atoms with Crippen LogP contribution in [0.1, 0.15) is 64.5 Å². The summed E-state index contributed by atoms with van der Waals surface area (Å²) in [6.45, 7) is 10.4. The van der Waals surface area contributed by atoms with E-state index in [9.17, 15) is 4.79 Å². The molecule has 2 aromatic rings. The first-order valence-corrected chi connectivity index (χ1v) is 14.0. The molecule has 0 spiro atoms. The van der Waals surface area contributed by atoms with E-state index in [2.05, 4.69) is 134 Å². The lowest BCUT2D eigenvalue weighted by molar-refractivity contribution is -0.401. The Morgan fingerprint density at radius 3 is 2.38 bits per heavy atom. The van der Waals surface area contributed by atoms with Gasteiger partial charge >= 0.3 is 0 Å². The number of hydrogen-bond donors (Lipinski definition) is 1. The summed E-state index contributed by atoms with van der Waals surface area (Å²) >= 11 is 0. The second kappa shape index (κ2) is 13.2. The van der Waals surface area contributed by atoms with Crippen molar-refractivity contribution in [3.8, 4) is 12.3 Å². The third-order valence-electron chi connectivity index (χ3n) is 8.14. The van der Waals surface area contributed by atoms with E-state index < -0.39 is 0 Å². The van der Waals surface area contributed by atoms with Gasteiger partial charge in [0.25, 0.3) is 0 Å². The Balaban J connectivity index is 0.00000441. The smallest absolute Gasteiger partial charge is 0.220 e. The number of benzene rings is 2. The Labute approximate surface area is 247 Å². The fourth-order valence-corrected chi connectivity index (χ4v) is 6.01. The summed E-state index contributed by atoms with van der Waals surface area (Å²) < 4.78 is 2.30. The van der Waals surface area contributed by atoms with Gasteiger partial charge in [-0.05, 0) is 44.4 Å². The van der Waals surface area contributed by atoms with Crippen molar-refractivity contribution in [3.05, 3.63) is 95.7 Å². The first kappa shape index (κ1) is 31.0. The number of para-hydroxylation sites is 2. The van der Waals surface area contributed by atoms with Gasteiger partial charge in [-0.2, -0.15) is 4.58 Å². The fraction of sp³-hybridized carbons (Fsp3) is 0.371. The zero-order chi connectivity index (χ0) is 28.0. The Bertz CT molecular complexity index is 1390. The lowest BCUT2D eigenvalue weighted by Crippen LogP contribution is -3.00. The third kappa shape index (κ3) is 6.26. The predicted molar refractivity (Wildman–Crippen MR) is 164 cm³/mol. The fourth-order valence-electron chi connectivity index (χ4n) is 6.01. The predicted octanol–water partition coefficient (Wildman–Crippen LogP) is 3.80. The molecule has 0 radical (unpaired) electrons. The second-order valence-corrected chi connectivity index (χ2v) is 11.5. The van der Waals surface area contributed by atoms with Crippen LogP contribution in [0.3, 0.4) is 0 Å². The van der Waals surface area contributed by atoms with Crippen molar-refractivity contribution in [2.45, 2.75) is 64.2 Å². The molecule has 0 aromatic heterocycles. The summed E-state index contributed by atoms with van der Waals surface area (Å²) in [5, 5.41) is 2.75. The van der Waals surface area contributed by atoms with Crippen LogP contribution >= 0.6 is 0 Å². The largest absolute Gasteiger partial charge is 1.00 e. The second-order valence-electron chi connectivity index (χ2n) is 11.5. The molecule has 0 saturated carbocycles. The van der Waals surface area contributed by atoms with E-state index in [0.29, 0.717) is 13.0 Å². The van der Waals surface area contributed by atoms with Crippen molar-refractivity contribution in [2.75, 3.05) is 25.0 Å². The van der Waals surface area contributed by atoms with E-state index in [1.807, 2.05) is 0 Å². The molecule has 0 fully saturated rings. The maximum atomic E-state index is 11.8. The molecule has 0 bridgehead atoms. The van der Waals surface area contributed by atoms with E-state index in [0.717, 1.165) is 25.8 Å². The molecular formula is C35H42ClN3O. The number of nitrogens with one attached hydrogen (secondary N) is 1. The normalized spacial score (nSPS) is 17.7. The van der Waals surface area contributed by atoms with E-state index in [4.69, 9.17) is 6.42 Å². The van der Waals surface area contributed by atoms with Crippen LogP contribution in [0.2, 0.25) is 0 Å². The summed E-state index contributed by atoms with van der Waals surface area (Å²) in [5.74, 6) is 2.49. The van der Waals surface area contributed by atoms with Crippen molar-refractivity contribution >= 4 is 23.0 Å². The first-order valence-electron chi connectivity index (χ1n) is 14.0. The zero-order valence-electron chi connectivity index (χ0n) is 24.5. The molecule has 1 N–H and O–H groups in total. The number of rotatable bonds is 10. The average Bonchev–Trinajstić information content (AvgIpc) is 3.26. The average molecular weight is 556 g/mol. The van der Waals surface area contributed by atoms with Crippen molar-refractivity contribution < 1.29 is 21.8 Å². The van der Waals surface area contributed by atoms with Gasteiger partial charge in [0, 0.05) is 47.5 Å². The lowest BCUT2D eigenvalue weighted by atomic mass is 9.81. The summed E-state index contributed by atoms with van der Waals surface area (Å²) in [5.41, 5.74) is 7.78. The SMILES string of the molecule is C#CCNC(=O)CCCCCN1C(=CC=CC=CC2=[N+](C)c3ccccc3C2(C)C)C(C)(C)c2ccccc21.[Cl-]. The highest BCUT2D eigenvalue weighted by Crippen LogP contribution is 2.47. The number of halogens is 1. The molecule has 0 aliphatic carbocycles. The Kier molecular flexibility index (Phi) is 10.2. The molecule has 40 heavy (non-hydrogen) atoms. The van der Waals surface area contributed by atoms with Gasteiger partial charge in [0.2, 0.25) is 11.6 Å². The molecule has 4 nitrogen and oxygen atoms in total. The summed E-state index contributed by atoms with van der Waals surface area (Å²) in [6, 6.07) is 17.4. The molecule has 5 heteroatoms. The molecule has 2 aromatic carbocycles. The van der Waals surface area contributed by atoms with Crippen LogP contribution in [-0.2, 0) is 15.6 Å². The summed E-state index contributed by atoms with van der Waals surface area (Å²) in [4.78, 5) is 14.3. The highest BCUT2D eigenvalue weighted by Gasteiger charge is 2.42. The molecular weight excluding hydrogens is 514 g/mol. The number of nitrogens with zero attached hydrogens (tertiary/aromatic N) is 2. The number of allylic oxidation sites excluding steroid dienone is 6. The molecule has 1 amide bonds. The molecule has 0 saturated heterocycles. The number of terminal acetylenes is 1. The van der Waals surface area contributed by atoms with E-state index in [-0.39, 0.29) is 29.1 Å². The van der Waals surface area contributed by atoms with E-state index >= 15 is 0 Å². The van der Waals surface area contributed by atoms with Crippen LogP contribution in [0.25, 0.3) is 0 Å². The van der Waals surface area contributed by atoms with Crippen molar-refractivity contribution in [1.82, 2.24) is 5.32 Å². The van der Waals surface area contributed by atoms with Gasteiger partial charge in [-0.15, -0.1) is 6.42 Å². The maximum Gasteiger partial charge on any atom is 0.220 e. The van der Waals surface area contributed by atoms with Gasteiger partial charge in [-0.25, -0.2) is 0 Å². The van der Waals surface area contributed by atoms with Gasteiger partial charge in [0.05, 0.1) is 12.0 Å². The van der Waals surface area contributed by atoms with Crippen LogP contribution in [0.15, 0.2) is 84.6 Å². The van der Waals surface area contributed by atoms with Crippen LogP contribution in [-0.4, -0.2) is 36.3 Å². The number of hydrogen-bond acceptors (Lipinski definition) is 2. The molecule has 4 rings (SSSR count). The van der Waals surface area contributed by atoms with Crippen LogP contribution < -0.4 is 22.6 Å². The molecule has 210 valence electrons. The van der Waals surface area contributed by atoms with Crippen molar-refractivity contribution in [3.63, 3.8) is 0 Å². The van der Waals surface area contributed by atoms with Gasteiger partial charge in [-0.1, -0.05) is 80.8 Å². The van der Waals surface area contributed by atoms with Gasteiger partial charge < -0.3 is 22.6 Å². The summed E-state index contributed by atoms with van der Waals surface area (Å²) in [6.07, 6.45) is 19.6. The quantitative estimate of drug-likeness (QED) is 0.209. The third-order valence-corrected chi connectivity index (χ3v) is 8.14. The van der Waals surface area contributed by atoms with Crippen LogP contribution in [0.5, 0.6) is 0 Å². The molecule has 0 unspecified atom stereocenters. The highest BCUT2D eigenvalue weighted by molar-refractivity contribution is 6.03. The van der Waals surface area contributed by atoms with Crippen molar-refractivity contribution in [1.29, 1.82) is 0 Å². The van der Waals surface area contributed by atoms with Gasteiger partial charge in [0.1, 0.15) is 7.05 Å². The molecule has 2 aliphatic heterocycles. The summed E-state index contributed by atoms with van der Waals surface area (Å²) in [7, 11) is 2.15. The maximum absolute atomic E-state index is 11.8. The highest BCUT2D eigenvalue weighted by atomic mass is 35.5. The Hall–Kier alpha value is -3.55. The topological polar surface area (TPSA) is 35.4 Å². The van der Waals surface area contributed by atoms with Crippen molar-refractivity contribution in [2.24, 2.45) is 0 Å². The number of carbonyl (C=O) groups is 1. The Morgan fingerprint density at radius 1 is 0.950 bits per heavy atom. The van der Waals surface area contributed by atoms with Crippen LogP contribution in [0.4, 0.5) is 11.4 Å². The number of fused-ring (bicyclic) bond motifs is 2. The minimum atomic E-state index is -0.0796. The molecule has 2 aliphatic rings. The monoisotopic (exact) mass is 555 g/mol. The number of carbonyl (C=O) groups excluding carboxylic acids is 1. The lowest BCUT2D eigenvalue weighted by Gasteiger charge is -2.27. The van der Waals surface area contributed by atoms with Gasteiger partial charge in [-0.3, -0.25) is 4.79 Å². The van der Waals surface area contributed by atoms with Crippen LogP contribution in [0, 0.1) is 12.3 Å². The first-order chi connectivity index (χ1) is 18.7. The molecule has 0 atom stereocenters. The standard InChI is InChI=1S/C35H41N3O.ClH/c1-7-25-36-33(39)24-12-9-17-26-38-30-21-16-14-19-28(30)35(4,5)32(38)23-11-8-10-22-31-34(2,3)27-18-13-15-20-29(27)37(31)6;/h1,8,10-11,13-16,18-23H,9,12,17,24-26H2,2-6H3;1H. The minimum absolute atomic E-state index is 0. The zero-order valence-corrected chi connectivity index (χ0v) is 25.3. The Morgan fingerprint density at radius 2 is 1.65 bits per heavy atom. The van der Waals surface area contributed by atoms with E-state index in [1.165, 1.54) is 33.9 Å². The molecule has 2 heterocycles. The van der Waals surface area contributed by atoms with Gasteiger partial charge in [0.15, 0.2) is 5.71 Å². The number of anilines is 1. The van der Waals surface area contributed by atoms with E-state index in [1.54, 1.807) is 0 Å². The number of amides is 1.